The summed E-state index contributed by atoms with van der Waals surface area (Å²) in [5.74, 6) is 0. The molecule has 0 radical (unpaired) electrons. The largest absolute Gasteiger partial charge is 0.394 e. The molecular weight excluding hydrogens is 204 g/mol. The summed E-state index contributed by atoms with van der Waals surface area (Å²) in [6.07, 6.45) is 4.67. The van der Waals surface area contributed by atoms with E-state index in [0.717, 1.165) is 45.3 Å². The Kier molecular flexibility index (Phi) is 5.69. The monoisotopic (exact) mass is 230 g/mol. The Morgan fingerprint density at radius 2 is 2.06 bits per heavy atom. The fourth-order valence-electron chi connectivity index (χ4n) is 2.15. The first-order valence-corrected chi connectivity index (χ1v) is 6.22. The van der Waals surface area contributed by atoms with Crippen LogP contribution in [0.5, 0.6) is 0 Å². The van der Waals surface area contributed by atoms with Crippen molar-refractivity contribution >= 4 is 0 Å². The molecular formula is C12H26N2O2. The molecule has 1 unspecified atom stereocenters. The molecule has 0 spiro atoms. The molecule has 0 aromatic carbocycles. The Labute approximate surface area is 98.8 Å². The highest BCUT2D eigenvalue weighted by Gasteiger charge is 2.20. The maximum atomic E-state index is 9.04. The molecule has 4 heteroatoms. The Hall–Kier alpha value is -0.160. The Bertz CT molecular complexity index is 189. The van der Waals surface area contributed by atoms with Crippen molar-refractivity contribution in [1.29, 1.82) is 0 Å². The third-order valence-electron chi connectivity index (χ3n) is 3.45. The summed E-state index contributed by atoms with van der Waals surface area (Å²) in [4.78, 5) is 2.46. The molecule has 3 N–H and O–H groups in total. The number of ether oxygens (including phenoxy) is 1. The second kappa shape index (κ2) is 6.55. The maximum absolute atomic E-state index is 9.04. The van der Waals surface area contributed by atoms with Gasteiger partial charge >= 0.3 is 0 Å². The molecule has 0 aromatic rings. The Balaban J connectivity index is 2.11. The van der Waals surface area contributed by atoms with Gasteiger partial charge in [0.1, 0.15) is 0 Å². The second-order valence-electron chi connectivity index (χ2n) is 5.19. The molecule has 1 fully saturated rings. The van der Waals surface area contributed by atoms with Crippen molar-refractivity contribution in [2.24, 2.45) is 5.73 Å². The first kappa shape index (κ1) is 13.9. The lowest BCUT2D eigenvalue weighted by molar-refractivity contribution is 0.0400. The van der Waals surface area contributed by atoms with Crippen LogP contribution in [0.25, 0.3) is 0 Å². The molecule has 96 valence electrons. The van der Waals surface area contributed by atoms with Crippen LogP contribution in [-0.4, -0.2) is 55.0 Å². The Morgan fingerprint density at radius 1 is 1.44 bits per heavy atom. The number of rotatable bonds is 6. The van der Waals surface area contributed by atoms with E-state index in [4.69, 9.17) is 15.6 Å². The predicted molar refractivity (Wildman–Crippen MR) is 65.4 cm³/mol. The summed E-state index contributed by atoms with van der Waals surface area (Å²) in [6.45, 7) is 5.31. The van der Waals surface area contributed by atoms with Gasteiger partial charge in [0, 0.05) is 25.7 Å². The van der Waals surface area contributed by atoms with E-state index < -0.39 is 5.54 Å². The standard InChI is InChI=1S/C12H26N2O2/c1-12(13,10-15)6-3-7-14-8-4-11(16-2)5-9-14/h11,15H,3-10,13H2,1-2H3. The maximum Gasteiger partial charge on any atom is 0.0608 e. The summed E-state index contributed by atoms with van der Waals surface area (Å²) in [5, 5.41) is 9.04. The van der Waals surface area contributed by atoms with E-state index in [0.29, 0.717) is 6.10 Å². The Morgan fingerprint density at radius 3 is 2.56 bits per heavy atom. The van der Waals surface area contributed by atoms with E-state index in [9.17, 15) is 0 Å². The summed E-state index contributed by atoms with van der Waals surface area (Å²) in [7, 11) is 1.79. The van der Waals surface area contributed by atoms with Gasteiger partial charge in [-0.1, -0.05) is 0 Å². The van der Waals surface area contributed by atoms with Crippen LogP contribution in [0, 0.1) is 0 Å². The van der Waals surface area contributed by atoms with Crippen molar-refractivity contribution in [2.75, 3.05) is 33.4 Å². The van der Waals surface area contributed by atoms with Gasteiger partial charge in [-0.05, 0) is 39.2 Å². The third kappa shape index (κ3) is 4.78. The van der Waals surface area contributed by atoms with Crippen molar-refractivity contribution in [2.45, 2.75) is 44.2 Å². The van der Waals surface area contributed by atoms with Crippen LogP contribution in [-0.2, 0) is 4.74 Å². The summed E-state index contributed by atoms with van der Waals surface area (Å²) in [6, 6.07) is 0. The number of hydrogen-bond acceptors (Lipinski definition) is 4. The molecule has 0 saturated carbocycles. The van der Waals surface area contributed by atoms with Crippen LogP contribution >= 0.6 is 0 Å². The first-order valence-electron chi connectivity index (χ1n) is 6.22. The van der Waals surface area contributed by atoms with Crippen LogP contribution in [0.1, 0.15) is 32.6 Å². The van der Waals surface area contributed by atoms with Gasteiger partial charge in [-0.3, -0.25) is 0 Å². The highest BCUT2D eigenvalue weighted by molar-refractivity contribution is 4.78. The first-order chi connectivity index (χ1) is 7.57. The molecule has 1 atom stereocenters. The van der Waals surface area contributed by atoms with E-state index in [-0.39, 0.29) is 6.61 Å². The number of likely N-dealkylation sites (tertiary alicyclic amines) is 1. The molecule has 1 saturated heterocycles. The van der Waals surface area contributed by atoms with Crippen LogP contribution in [0.15, 0.2) is 0 Å². The number of aliphatic hydroxyl groups excluding tert-OH is 1. The minimum Gasteiger partial charge on any atom is -0.394 e. The van der Waals surface area contributed by atoms with Crippen molar-refractivity contribution in [1.82, 2.24) is 4.90 Å². The summed E-state index contributed by atoms with van der Waals surface area (Å²) in [5.41, 5.74) is 5.47. The number of piperidine rings is 1. The molecule has 0 amide bonds. The SMILES string of the molecule is COC1CCN(CCCC(C)(N)CO)CC1. The molecule has 0 bridgehead atoms. The van der Waals surface area contributed by atoms with Crippen LogP contribution in [0.3, 0.4) is 0 Å². The zero-order valence-corrected chi connectivity index (χ0v) is 10.6. The molecule has 0 aromatic heterocycles. The second-order valence-corrected chi connectivity index (χ2v) is 5.19. The van der Waals surface area contributed by atoms with E-state index >= 15 is 0 Å². The molecule has 1 heterocycles. The van der Waals surface area contributed by atoms with Gasteiger partial charge in [0.2, 0.25) is 0 Å². The van der Waals surface area contributed by atoms with Crippen LogP contribution in [0.2, 0.25) is 0 Å². The topological polar surface area (TPSA) is 58.7 Å². The van der Waals surface area contributed by atoms with E-state index in [1.54, 1.807) is 7.11 Å². The van der Waals surface area contributed by atoms with Crippen molar-refractivity contribution in [3.8, 4) is 0 Å². The fourth-order valence-corrected chi connectivity index (χ4v) is 2.15. The van der Waals surface area contributed by atoms with E-state index in [2.05, 4.69) is 4.90 Å². The van der Waals surface area contributed by atoms with Crippen molar-refractivity contribution < 1.29 is 9.84 Å². The van der Waals surface area contributed by atoms with Gasteiger partial charge in [0.15, 0.2) is 0 Å². The predicted octanol–water partition coefficient (Wildman–Crippen LogP) is 0.587. The molecule has 0 aliphatic carbocycles. The lowest BCUT2D eigenvalue weighted by atomic mass is 9.98. The van der Waals surface area contributed by atoms with Gasteiger partial charge in [0.05, 0.1) is 12.7 Å². The van der Waals surface area contributed by atoms with Gasteiger partial charge in [-0.15, -0.1) is 0 Å². The van der Waals surface area contributed by atoms with Crippen molar-refractivity contribution in [3.63, 3.8) is 0 Å². The summed E-state index contributed by atoms with van der Waals surface area (Å²) < 4.78 is 5.34. The highest BCUT2D eigenvalue weighted by atomic mass is 16.5. The van der Waals surface area contributed by atoms with E-state index in [1.165, 1.54) is 0 Å². The average Bonchev–Trinajstić information content (AvgIpc) is 2.30. The average molecular weight is 230 g/mol. The third-order valence-corrected chi connectivity index (χ3v) is 3.45. The number of methoxy groups -OCH3 is 1. The zero-order valence-electron chi connectivity index (χ0n) is 10.6. The van der Waals surface area contributed by atoms with Gasteiger partial charge in [0.25, 0.3) is 0 Å². The lowest BCUT2D eigenvalue weighted by Crippen LogP contribution is -2.42. The molecule has 1 aliphatic rings. The minimum atomic E-state index is -0.412. The van der Waals surface area contributed by atoms with Crippen LogP contribution < -0.4 is 5.73 Å². The van der Waals surface area contributed by atoms with Gasteiger partial charge in [-0.2, -0.15) is 0 Å². The number of hydrogen-bond donors (Lipinski definition) is 2. The highest BCUT2D eigenvalue weighted by Crippen LogP contribution is 2.14. The van der Waals surface area contributed by atoms with E-state index in [1.807, 2.05) is 6.92 Å². The number of nitrogens with two attached hydrogens (primary N) is 1. The zero-order chi connectivity index (χ0) is 12.0. The van der Waals surface area contributed by atoms with Gasteiger partial charge < -0.3 is 20.5 Å². The molecule has 16 heavy (non-hydrogen) atoms. The quantitative estimate of drug-likeness (QED) is 0.701. The number of aliphatic hydroxyl groups is 1. The normalized spacial score (nSPS) is 23.2. The number of nitrogens with zero attached hydrogens (tertiary/aromatic N) is 1. The molecule has 1 rings (SSSR count). The molecule has 4 nitrogen and oxygen atoms in total. The molecule has 1 aliphatic heterocycles. The smallest absolute Gasteiger partial charge is 0.0608 e. The lowest BCUT2D eigenvalue weighted by Gasteiger charge is -2.32. The van der Waals surface area contributed by atoms with Gasteiger partial charge in [-0.25, -0.2) is 0 Å². The summed E-state index contributed by atoms with van der Waals surface area (Å²) >= 11 is 0. The van der Waals surface area contributed by atoms with Crippen molar-refractivity contribution in [3.05, 3.63) is 0 Å². The van der Waals surface area contributed by atoms with Crippen LogP contribution in [0.4, 0.5) is 0 Å². The minimum absolute atomic E-state index is 0.0682. The fraction of sp³-hybridized carbons (Fsp3) is 1.00.